The summed E-state index contributed by atoms with van der Waals surface area (Å²) in [6, 6.07) is 20.8. The molecule has 2 N–H and O–H groups in total. The van der Waals surface area contributed by atoms with Gasteiger partial charge in [-0.25, -0.2) is 0 Å². The predicted octanol–water partition coefficient (Wildman–Crippen LogP) is 5.34. The highest BCUT2D eigenvalue weighted by atomic mass is 79.9. The van der Waals surface area contributed by atoms with Gasteiger partial charge in [-0.3, -0.25) is 0 Å². The number of nitrogens with two attached hydrogens (primary N) is 1. The van der Waals surface area contributed by atoms with Gasteiger partial charge in [0.05, 0.1) is 11.4 Å². The third-order valence-corrected chi connectivity index (χ3v) is 4.15. The molecule has 3 rings (SSSR count). The molecule has 0 saturated heterocycles. The van der Waals surface area contributed by atoms with Crippen molar-refractivity contribution >= 4 is 43.8 Å². The van der Waals surface area contributed by atoms with Gasteiger partial charge in [0, 0.05) is 22.1 Å². The highest BCUT2D eigenvalue weighted by molar-refractivity contribution is 9.10. The van der Waals surface area contributed by atoms with Crippen molar-refractivity contribution in [2.24, 2.45) is 0 Å². The molecule has 0 atom stereocenters. The van der Waals surface area contributed by atoms with Crippen LogP contribution in [0.3, 0.4) is 0 Å². The van der Waals surface area contributed by atoms with E-state index in [1.165, 1.54) is 16.5 Å². The lowest BCUT2D eigenvalue weighted by atomic mass is 10.1. The predicted molar refractivity (Wildman–Crippen MR) is 95.2 cm³/mol. The van der Waals surface area contributed by atoms with Crippen molar-refractivity contribution in [2.45, 2.75) is 6.92 Å². The first-order valence-corrected chi connectivity index (χ1v) is 7.80. The maximum atomic E-state index is 6.21. The average Bonchev–Trinajstić information content (AvgIpc) is 2.50. The second kappa shape index (κ2) is 5.78. The lowest BCUT2D eigenvalue weighted by Gasteiger charge is -2.26. The molecule has 0 radical (unpaired) electrons. The Hall–Kier alpha value is -2.00. The molecule has 106 valence electrons. The largest absolute Gasteiger partial charge is 0.397 e. The number of benzene rings is 3. The Balaban J connectivity index is 2.18. The van der Waals surface area contributed by atoms with Gasteiger partial charge in [-0.15, -0.1) is 0 Å². The molecule has 0 unspecified atom stereocenters. The van der Waals surface area contributed by atoms with Crippen LogP contribution in [-0.4, -0.2) is 6.54 Å². The van der Waals surface area contributed by atoms with E-state index >= 15 is 0 Å². The summed E-state index contributed by atoms with van der Waals surface area (Å²) in [5, 5.41) is 2.48. The van der Waals surface area contributed by atoms with Gasteiger partial charge >= 0.3 is 0 Å². The fourth-order valence-electron chi connectivity index (χ4n) is 2.69. The number of rotatable bonds is 3. The van der Waals surface area contributed by atoms with Gasteiger partial charge in [0.2, 0.25) is 0 Å². The van der Waals surface area contributed by atoms with Gasteiger partial charge in [0.1, 0.15) is 0 Å². The smallest absolute Gasteiger partial charge is 0.0645 e. The van der Waals surface area contributed by atoms with Gasteiger partial charge in [0.15, 0.2) is 0 Å². The molecule has 0 aliphatic carbocycles. The Morgan fingerprint density at radius 1 is 0.952 bits per heavy atom. The molecule has 0 amide bonds. The summed E-state index contributed by atoms with van der Waals surface area (Å²) in [5.41, 5.74) is 9.21. The summed E-state index contributed by atoms with van der Waals surface area (Å²) < 4.78 is 0.998. The zero-order valence-electron chi connectivity index (χ0n) is 11.9. The van der Waals surface area contributed by atoms with Crippen LogP contribution >= 0.6 is 15.9 Å². The number of hydrogen-bond acceptors (Lipinski definition) is 2. The Labute approximate surface area is 133 Å². The normalized spacial score (nSPS) is 10.8. The molecule has 3 heteroatoms. The molecule has 0 fully saturated rings. The SMILES string of the molecule is CCN(c1ccc(Br)cc1N)c1cccc2ccccc12. The third-order valence-electron chi connectivity index (χ3n) is 3.65. The standard InChI is InChI=1S/C18H17BrN2/c1-2-21(18-11-10-14(19)12-16(18)20)17-9-5-7-13-6-3-4-8-15(13)17/h3-12H,2,20H2,1H3. The summed E-state index contributed by atoms with van der Waals surface area (Å²) in [6.45, 7) is 3.00. The molecule has 0 saturated carbocycles. The highest BCUT2D eigenvalue weighted by Gasteiger charge is 2.13. The van der Waals surface area contributed by atoms with Crippen LogP contribution in [0.15, 0.2) is 65.1 Å². The number of fused-ring (bicyclic) bond motifs is 1. The molecule has 0 bridgehead atoms. The van der Waals surface area contributed by atoms with Crippen LogP contribution in [0.1, 0.15) is 6.92 Å². The topological polar surface area (TPSA) is 29.3 Å². The van der Waals surface area contributed by atoms with Gasteiger partial charge in [-0.05, 0) is 36.6 Å². The maximum Gasteiger partial charge on any atom is 0.0645 e. The summed E-state index contributed by atoms with van der Waals surface area (Å²) >= 11 is 3.46. The highest BCUT2D eigenvalue weighted by Crippen LogP contribution is 2.36. The number of halogens is 1. The molecule has 0 heterocycles. The first kappa shape index (κ1) is 14.0. The van der Waals surface area contributed by atoms with E-state index in [-0.39, 0.29) is 0 Å². The van der Waals surface area contributed by atoms with Gasteiger partial charge in [0.25, 0.3) is 0 Å². The van der Waals surface area contributed by atoms with Crippen LogP contribution in [0.2, 0.25) is 0 Å². The van der Waals surface area contributed by atoms with Crippen LogP contribution in [0.25, 0.3) is 10.8 Å². The Morgan fingerprint density at radius 2 is 1.71 bits per heavy atom. The van der Waals surface area contributed by atoms with Crippen LogP contribution in [0.5, 0.6) is 0 Å². The Bertz CT molecular complexity index is 778. The van der Waals surface area contributed by atoms with Gasteiger partial charge in [-0.2, -0.15) is 0 Å². The van der Waals surface area contributed by atoms with E-state index in [1.807, 2.05) is 12.1 Å². The third kappa shape index (κ3) is 2.61. The minimum Gasteiger partial charge on any atom is -0.397 e. The Kier molecular flexibility index (Phi) is 3.84. The van der Waals surface area contributed by atoms with Crippen molar-refractivity contribution in [3.8, 4) is 0 Å². The lowest BCUT2D eigenvalue weighted by Crippen LogP contribution is -2.17. The summed E-state index contributed by atoms with van der Waals surface area (Å²) in [6.07, 6.45) is 0. The minimum atomic E-state index is 0.777. The summed E-state index contributed by atoms with van der Waals surface area (Å²) in [7, 11) is 0. The zero-order chi connectivity index (χ0) is 14.8. The van der Waals surface area contributed by atoms with Crippen LogP contribution < -0.4 is 10.6 Å². The molecule has 0 spiro atoms. The van der Waals surface area contributed by atoms with Gasteiger partial charge < -0.3 is 10.6 Å². The summed E-state index contributed by atoms with van der Waals surface area (Å²) in [4.78, 5) is 2.25. The number of anilines is 3. The maximum absolute atomic E-state index is 6.21. The van der Waals surface area contributed by atoms with E-state index in [0.29, 0.717) is 0 Å². The molecule has 3 aromatic carbocycles. The first-order valence-electron chi connectivity index (χ1n) is 7.01. The average molecular weight is 341 g/mol. The van der Waals surface area contributed by atoms with Crippen molar-refractivity contribution in [2.75, 3.05) is 17.2 Å². The van der Waals surface area contributed by atoms with E-state index in [9.17, 15) is 0 Å². The fourth-order valence-corrected chi connectivity index (χ4v) is 3.06. The first-order chi connectivity index (χ1) is 10.2. The quantitative estimate of drug-likeness (QED) is 0.651. The van der Waals surface area contributed by atoms with Crippen LogP contribution in [0, 0.1) is 0 Å². The molecule has 0 aliphatic rings. The van der Waals surface area contributed by atoms with E-state index in [0.717, 1.165) is 22.4 Å². The molecule has 0 aliphatic heterocycles. The Morgan fingerprint density at radius 3 is 2.48 bits per heavy atom. The molecular weight excluding hydrogens is 324 g/mol. The molecule has 2 nitrogen and oxygen atoms in total. The second-order valence-corrected chi connectivity index (χ2v) is 5.86. The van der Waals surface area contributed by atoms with Crippen molar-refractivity contribution in [1.29, 1.82) is 0 Å². The summed E-state index contributed by atoms with van der Waals surface area (Å²) in [5.74, 6) is 0. The van der Waals surface area contributed by atoms with Crippen molar-refractivity contribution in [1.82, 2.24) is 0 Å². The van der Waals surface area contributed by atoms with Crippen molar-refractivity contribution < 1.29 is 0 Å². The van der Waals surface area contributed by atoms with Gasteiger partial charge in [-0.1, -0.05) is 52.3 Å². The zero-order valence-corrected chi connectivity index (χ0v) is 13.5. The van der Waals surface area contributed by atoms with E-state index < -0.39 is 0 Å². The monoisotopic (exact) mass is 340 g/mol. The van der Waals surface area contributed by atoms with E-state index in [1.54, 1.807) is 0 Å². The fraction of sp³-hybridized carbons (Fsp3) is 0.111. The number of nitrogens with zero attached hydrogens (tertiary/aromatic N) is 1. The van der Waals surface area contributed by atoms with Crippen molar-refractivity contribution in [3.63, 3.8) is 0 Å². The molecule has 21 heavy (non-hydrogen) atoms. The minimum absolute atomic E-state index is 0.777. The van der Waals surface area contributed by atoms with Crippen LogP contribution in [-0.2, 0) is 0 Å². The molecule has 0 aromatic heterocycles. The van der Waals surface area contributed by atoms with E-state index in [2.05, 4.69) is 76.3 Å². The molecule has 3 aromatic rings. The number of hydrogen-bond donors (Lipinski definition) is 1. The van der Waals surface area contributed by atoms with Crippen LogP contribution in [0.4, 0.5) is 17.1 Å². The second-order valence-electron chi connectivity index (χ2n) is 4.95. The van der Waals surface area contributed by atoms with Crippen molar-refractivity contribution in [3.05, 3.63) is 65.1 Å². The number of nitrogen functional groups attached to an aromatic ring is 1. The lowest BCUT2D eigenvalue weighted by molar-refractivity contribution is 1.03. The molecular formula is C18H17BrN2. The van der Waals surface area contributed by atoms with E-state index in [4.69, 9.17) is 5.73 Å².